The maximum Gasteiger partial charge on any atom is 0.413 e. The van der Waals surface area contributed by atoms with Crippen LogP contribution in [-0.2, 0) is 11.3 Å². The van der Waals surface area contributed by atoms with Gasteiger partial charge in [0.1, 0.15) is 6.61 Å². The first-order valence-corrected chi connectivity index (χ1v) is 7.38. The summed E-state index contributed by atoms with van der Waals surface area (Å²) in [4.78, 5) is 22.3. The Morgan fingerprint density at radius 1 is 1.39 bits per heavy atom. The summed E-state index contributed by atoms with van der Waals surface area (Å²) in [6, 6.07) is 6.49. The molecule has 1 aromatic heterocycles. The Bertz CT molecular complexity index is 725. The molecule has 0 aliphatic heterocycles. The molecule has 8 heteroatoms. The standard InChI is InChI=1S/C15H14BrN3O4/c1-2-7-23-15(22)17-13-12(16)9-19(18-13)8-10-3-5-11(6-4-10)14(20)21/h2-6,9H,1,7-8H2,(H,20,21)(H,17,18,22). The van der Waals surface area contributed by atoms with Crippen molar-refractivity contribution in [2.45, 2.75) is 6.54 Å². The number of carboxylic acids is 1. The molecule has 2 rings (SSSR count). The molecule has 0 saturated carbocycles. The largest absolute Gasteiger partial charge is 0.478 e. The predicted octanol–water partition coefficient (Wildman–Crippen LogP) is 3.13. The summed E-state index contributed by atoms with van der Waals surface area (Å²) in [6.45, 7) is 4.00. The SMILES string of the molecule is C=CCOC(=O)Nc1nn(Cc2ccc(C(=O)O)cc2)cc1Br. The second-order valence-corrected chi connectivity index (χ2v) is 5.39. The Hall–Kier alpha value is -2.61. The van der Waals surface area contributed by atoms with Gasteiger partial charge in [0.05, 0.1) is 16.6 Å². The number of benzene rings is 1. The van der Waals surface area contributed by atoms with Crippen LogP contribution in [0.1, 0.15) is 15.9 Å². The van der Waals surface area contributed by atoms with Crippen LogP contribution in [0.3, 0.4) is 0 Å². The van der Waals surface area contributed by atoms with Gasteiger partial charge in [-0.1, -0.05) is 24.8 Å². The van der Waals surface area contributed by atoms with Gasteiger partial charge in [0.2, 0.25) is 0 Å². The van der Waals surface area contributed by atoms with Crippen molar-refractivity contribution in [1.82, 2.24) is 9.78 Å². The summed E-state index contributed by atoms with van der Waals surface area (Å²) in [5.74, 6) is -0.635. The molecule has 0 bridgehead atoms. The molecule has 0 aliphatic rings. The van der Waals surface area contributed by atoms with Crippen LogP contribution in [0.5, 0.6) is 0 Å². The molecule has 1 heterocycles. The second kappa shape index (κ2) is 7.59. The monoisotopic (exact) mass is 379 g/mol. The number of hydrogen-bond acceptors (Lipinski definition) is 4. The highest BCUT2D eigenvalue weighted by Crippen LogP contribution is 2.21. The van der Waals surface area contributed by atoms with E-state index in [9.17, 15) is 9.59 Å². The number of aromatic carboxylic acids is 1. The number of ether oxygens (including phenoxy) is 1. The number of nitrogens with one attached hydrogen (secondary N) is 1. The minimum absolute atomic E-state index is 0.111. The molecule has 0 aliphatic carbocycles. The highest BCUT2D eigenvalue weighted by molar-refractivity contribution is 9.10. The number of hydrogen-bond donors (Lipinski definition) is 2. The normalized spacial score (nSPS) is 10.1. The van der Waals surface area contributed by atoms with Crippen molar-refractivity contribution in [3.63, 3.8) is 0 Å². The van der Waals surface area contributed by atoms with Gasteiger partial charge in [-0.05, 0) is 33.6 Å². The topological polar surface area (TPSA) is 93.5 Å². The summed E-state index contributed by atoms with van der Waals surface area (Å²) in [6.07, 6.45) is 2.55. The van der Waals surface area contributed by atoms with E-state index in [1.165, 1.54) is 18.2 Å². The molecule has 0 spiro atoms. The summed E-state index contributed by atoms with van der Waals surface area (Å²) >= 11 is 3.31. The number of halogens is 1. The van der Waals surface area contributed by atoms with E-state index in [2.05, 4.69) is 32.9 Å². The average molecular weight is 380 g/mol. The maximum absolute atomic E-state index is 11.5. The van der Waals surface area contributed by atoms with Gasteiger partial charge in [0.15, 0.2) is 5.82 Å². The molecule has 7 nitrogen and oxygen atoms in total. The van der Waals surface area contributed by atoms with Gasteiger partial charge in [-0.15, -0.1) is 0 Å². The van der Waals surface area contributed by atoms with Crippen molar-refractivity contribution in [2.75, 3.05) is 11.9 Å². The van der Waals surface area contributed by atoms with Gasteiger partial charge >= 0.3 is 12.1 Å². The molecular weight excluding hydrogens is 366 g/mol. The average Bonchev–Trinajstić information content (AvgIpc) is 2.85. The highest BCUT2D eigenvalue weighted by atomic mass is 79.9. The fourth-order valence-corrected chi connectivity index (χ4v) is 2.18. The van der Waals surface area contributed by atoms with E-state index in [-0.39, 0.29) is 12.2 Å². The van der Waals surface area contributed by atoms with Gasteiger partial charge in [0.25, 0.3) is 0 Å². The third-order valence-corrected chi connectivity index (χ3v) is 3.40. The first-order valence-electron chi connectivity index (χ1n) is 6.59. The minimum atomic E-state index is -0.970. The highest BCUT2D eigenvalue weighted by Gasteiger charge is 2.11. The zero-order chi connectivity index (χ0) is 16.8. The molecule has 1 amide bonds. The maximum atomic E-state index is 11.5. The molecule has 0 radical (unpaired) electrons. The van der Waals surface area contributed by atoms with Crippen LogP contribution in [0.25, 0.3) is 0 Å². The Kier molecular flexibility index (Phi) is 5.53. The zero-order valence-corrected chi connectivity index (χ0v) is 13.6. The number of carbonyl (C=O) groups excluding carboxylic acids is 1. The first-order chi connectivity index (χ1) is 11.0. The van der Waals surface area contributed by atoms with Crippen LogP contribution in [0, 0.1) is 0 Å². The van der Waals surface area contributed by atoms with Gasteiger partial charge in [-0.3, -0.25) is 10.00 Å². The summed E-state index contributed by atoms with van der Waals surface area (Å²) < 4.78 is 7.04. The number of aromatic nitrogens is 2. The van der Waals surface area contributed by atoms with E-state index in [0.29, 0.717) is 16.8 Å². The lowest BCUT2D eigenvalue weighted by Gasteiger charge is -2.03. The molecule has 0 unspecified atom stereocenters. The Morgan fingerprint density at radius 3 is 2.70 bits per heavy atom. The van der Waals surface area contributed by atoms with Crippen molar-refractivity contribution in [3.05, 3.63) is 58.7 Å². The van der Waals surface area contributed by atoms with E-state index < -0.39 is 12.1 Å². The van der Waals surface area contributed by atoms with Crippen LogP contribution in [-0.4, -0.2) is 33.6 Å². The predicted molar refractivity (Wildman–Crippen MR) is 87.6 cm³/mol. The lowest BCUT2D eigenvalue weighted by atomic mass is 10.1. The van der Waals surface area contributed by atoms with E-state index in [1.54, 1.807) is 23.0 Å². The molecule has 23 heavy (non-hydrogen) atoms. The molecule has 0 atom stereocenters. The third-order valence-electron chi connectivity index (χ3n) is 2.82. The minimum Gasteiger partial charge on any atom is -0.478 e. The third kappa shape index (κ3) is 4.68. The van der Waals surface area contributed by atoms with E-state index in [0.717, 1.165) is 5.56 Å². The van der Waals surface area contributed by atoms with Crippen molar-refractivity contribution < 1.29 is 19.4 Å². The molecule has 0 fully saturated rings. The van der Waals surface area contributed by atoms with Gasteiger partial charge in [-0.25, -0.2) is 9.59 Å². The fourth-order valence-electron chi connectivity index (χ4n) is 1.77. The molecule has 2 N–H and O–H groups in total. The molecule has 2 aromatic rings. The first kappa shape index (κ1) is 16.8. The van der Waals surface area contributed by atoms with E-state index >= 15 is 0 Å². The second-order valence-electron chi connectivity index (χ2n) is 4.54. The zero-order valence-electron chi connectivity index (χ0n) is 12.0. The quantitative estimate of drug-likeness (QED) is 0.751. The summed E-state index contributed by atoms with van der Waals surface area (Å²) in [7, 11) is 0. The lowest BCUT2D eigenvalue weighted by molar-refractivity contribution is 0.0697. The van der Waals surface area contributed by atoms with E-state index in [1.807, 2.05) is 0 Å². The molecule has 120 valence electrons. The smallest absolute Gasteiger partial charge is 0.413 e. The number of nitrogens with zero attached hydrogens (tertiary/aromatic N) is 2. The number of carbonyl (C=O) groups is 2. The van der Waals surface area contributed by atoms with Crippen molar-refractivity contribution in [3.8, 4) is 0 Å². The Morgan fingerprint density at radius 2 is 2.09 bits per heavy atom. The lowest BCUT2D eigenvalue weighted by Crippen LogP contribution is -2.14. The van der Waals surface area contributed by atoms with Crippen molar-refractivity contribution in [2.24, 2.45) is 0 Å². The van der Waals surface area contributed by atoms with Crippen LogP contribution in [0.4, 0.5) is 10.6 Å². The summed E-state index contributed by atoms with van der Waals surface area (Å²) in [5, 5.41) is 15.6. The van der Waals surface area contributed by atoms with Gasteiger partial charge < -0.3 is 9.84 Å². The molecule has 1 aromatic carbocycles. The van der Waals surface area contributed by atoms with Crippen LogP contribution in [0.2, 0.25) is 0 Å². The number of amides is 1. The molecule has 0 saturated heterocycles. The number of rotatable bonds is 6. The van der Waals surface area contributed by atoms with Crippen molar-refractivity contribution >= 4 is 33.8 Å². The van der Waals surface area contributed by atoms with Crippen LogP contribution < -0.4 is 5.32 Å². The number of anilines is 1. The van der Waals surface area contributed by atoms with Gasteiger partial charge in [0, 0.05) is 6.20 Å². The van der Waals surface area contributed by atoms with E-state index in [4.69, 9.17) is 9.84 Å². The van der Waals surface area contributed by atoms with Crippen molar-refractivity contribution in [1.29, 1.82) is 0 Å². The molecular formula is C15H14BrN3O4. The van der Waals surface area contributed by atoms with Crippen LogP contribution in [0.15, 0.2) is 47.6 Å². The number of carboxylic acid groups (broad SMARTS) is 1. The van der Waals surface area contributed by atoms with Crippen LogP contribution >= 0.6 is 15.9 Å². The fraction of sp³-hybridized carbons (Fsp3) is 0.133. The Labute approximate surface area is 140 Å². The van der Waals surface area contributed by atoms with Gasteiger partial charge in [-0.2, -0.15) is 5.10 Å². The summed E-state index contributed by atoms with van der Waals surface area (Å²) in [5.41, 5.74) is 1.11. The Balaban J connectivity index is 2.04.